The zero-order chi connectivity index (χ0) is 15.6. The van der Waals surface area contributed by atoms with Gasteiger partial charge < -0.3 is 11.1 Å². The Morgan fingerprint density at radius 1 is 1.14 bits per heavy atom. The summed E-state index contributed by atoms with van der Waals surface area (Å²) < 4.78 is 13.0. The molecule has 0 bridgehead atoms. The van der Waals surface area contributed by atoms with E-state index in [4.69, 9.17) is 40.5 Å². The number of nitrogens with one attached hydrogen (secondary N) is 1. The first-order chi connectivity index (χ1) is 9.88. The lowest BCUT2D eigenvalue weighted by Gasteiger charge is -2.08. The second-order valence-corrected chi connectivity index (χ2v) is 5.48. The van der Waals surface area contributed by atoms with E-state index in [1.54, 1.807) is 0 Å². The van der Waals surface area contributed by atoms with E-state index >= 15 is 0 Å². The molecule has 0 aliphatic carbocycles. The molecule has 110 valence electrons. The van der Waals surface area contributed by atoms with Gasteiger partial charge in [-0.2, -0.15) is 0 Å². The number of nitrogens with two attached hydrogens (primary N) is 1. The number of hydrogen-bond donors (Lipinski definition) is 2. The van der Waals surface area contributed by atoms with E-state index in [9.17, 15) is 9.18 Å². The Balaban J connectivity index is 2.10. The summed E-state index contributed by atoms with van der Waals surface area (Å²) in [5.74, 6) is -0.885. The van der Waals surface area contributed by atoms with Gasteiger partial charge in [-0.05, 0) is 29.8 Å². The molecule has 0 aliphatic rings. The number of anilines is 1. The standard InChI is InChI=1S/C14H10Cl3FN2O/c15-9-3-7(1-2-11(9)18)6-20-14(21)8-4-10(16)13(17)12(19)5-8/h1-5H,6,19H2,(H,20,21). The van der Waals surface area contributed by atoms with Crippen molar-refractivity contribution in [1.29, 1.82) is 0 Å². The predicted octanol–water partition coefficient (Wildman–Crippen LogP) is 4.30. The van der Waals surface area contributed by atoms with Gasteiger partial charge in [0.05, 0.1) is 20.8 Å². The first-order valence-electron chi connectivity index (χ1n) is 5.85. The summed E-state index contributed by atoms with van der Waals surface area (Å²) in [6.07, 6.45) is 0. The van der Waals surface area contributed by atoms with Crippen molar-refractivity contribution in [2.45, 2.75) is 6.54 Å². The van der Waals surface area contributed by atoms with Crippen LogP contribution in [0.1, 0.15) is 15.9 Å². The molecule has 0 saturated carbocycles. The second-order valence-electron chi connectivity index (χ2n) is 4.29. The van der Waals surface area contributed by atoms with Crippen LogP contribution in [0.15, 0.2) is 30.3 Å². The van der Waals surface area contributed by atoms with Gasteiger partial charge in [-0.15, -0.1) is 0 Å². The zero-order valence-corrected chi connectivity index (χ0v) is 12.9. The molecule has 0 fully saturated rings. The molecule has 0 spiro atoms. The maximum absolute atomic E-state index is 13.0. The van der Waals surface area contributed by atoms with Gasteiger partial charge in [0.15, 0.2) is 0 Å². The third-order valence-electron chi connectivity index (χ3n) is 2.76. The van der Waals surface area contributed by atoms with E-state index in [1.165, 1.54) is 30.3 Å². The second kappa shape index (κ2) is 6.52. The zero-order valence-electron chi connectivity index (χ0n) is 10.6. The van der Waals surface area contributed by atoms with Crippen LogP contribution in [0.2, 0.25) is 15.1 Å². The van der Waals surface area contributed by atoms with Gasteiger partial charge in [-0.3, -0.25) is 4.79 Å². The minimum absolute atomic E-state index is 0.000491. The van der Waals surface area contributed by atoms with Gasteiger partial charge in [0, 0.05) is 12.1 Å². The Hall–Kier alpha value is -1.49. The van der Waals surface area contributed by atoms with E-state index in [0.717, 1.165) is 0 Å². The summed E-state index contributed by atoms with van der Waals surface area (Å²) in [6.45, 7) is 0.193. The highest BCUT2D eigenvalue weighted by atomic mass is 35.5. The number of hydrogen-bond acceptors (Lipinski definition) is 2. The average molecular weight is 348 g/mol. The van der Waals surface area contributed by atoms with E-state index in [0.29, 0.717) is 5.56 Å². The molecule has 1 amide bonds. The third kappa shape index (κ3) is 3.79. The van der Waals surface area contributed by atoms with Crippen LogP contribution in [0.25, 0.3) is 0 Å². The fourth-order valence-corrected chi connectivity index (χ4v) is 2.21. The molecule has 2 rings (SSSR count). The van der Waals surface area contributed by atoms with Crippen molar-refractivity contribution < 1.29 is 9.18 Å². The average Bonchev–Trinajstić information content (AvgIpc) is 2.45. The molecule has 0 radical (unpaired) electrons. The van der Waals surface area contributed by atoms with E-state index < -0.39 is 5.82 Å². The first-order valence-corrected chi connectivity index (χ1v) is 6.98. The van der Waals surface area contributed by atoms with Crippen LogP contribution in [0.3, 0.4) is 0 Å². The Bertz CT molecular complexity index is 684. The summed E-state index contributed by atoms with van der Waals surface area (Å²) in [6, 6.07) is 7.07. The number of rotatable bonds is 3. The highest BCUT2D eigenvalue weighted by Crippen LogP contribution is 2.29. The molecule has 2 aromatic carbocycles. The van der Waals surface area contributed by atoms with Crippen LogP contribution in [0.4, 0.5) is 10.1 Å². The topological polar surface area (TPSA) is 55.1 Å². The van der Waals surface area contributed by atoms with Gasteiger partial charge in [0.25, 0.3) is 5.91 Å². The molecular weight excluding hydrogens is 338 g/mol. The minimum atomic E-state index is -0.510. The van der Waals surface area contributed by atoms with E-state index in [1.807, 2.05) is 0 Å². The molecule has 3 nitrogen and oxygen atoms in total. The van der Waals surface area contributed by atoms with E-state index in [2.05, 4.69) is 5.32 Å². The van der Waals surface area contributed by atoms with Crippen LogP contribution in [-0.2, 0) is 6.54 Å². The molecule has 0 atom stereocenters. The summed E-state index contributed by atoms with van der Waals surface area (Å²) in [4.78, 5) is 12.0. The molecule has 7 heteroatoms. The van der Waals surface area contributed by atoms with Crippen LogP contribution >= 0.6 is 34.8 Å². The molecular formula is C14H10Cl3FN2O. The fraction of sp³-hybridized carbons (Fsp3) is 0.0714. The van der Waals surface area contributed by atoms with Crippen molar-refractivity contribution in [3.63, 3.8) is 0 Å². The van der Waals surface area contributed by atoms with Crippen LogP contribution < -0.4 is 11.1 Å². The maximum atomic E-state index is 13.0. The number of nitrogen functional groups attached to an aromatic ring is 1. The van der Waals surface area contributed by atoms with Crippen LogP contribution in [-0.4, -0.2) is 5.91 Å². The fourth-order valence-electron chi connectivity index (χ4n) is 1.68. The molecule has 2 aromatic rings. The lowest BCUT2D eigenvalue weighted by Crippen LogP contribution is -2.23. The molecule has 0 aromatic heterocycles. The molecule has 3 N–H and O–H groups in total. The van der Waals surface area contributed by atoms with Crippen molar-refractivity contribution >= 4 is 46.4 Å². The Labute approximate surface area is 135 Å². The first kappa shape index (κ1) is 15.9. The number of carbonyl (C=O) groups excluding carboxylic acids is 1. The highest BCUT2D eigenvalue weighted by molar-refractivity contribution is 6.43. The maximum Gasteiger partial charge on any atom is 0.251 e. The monoisotopic (exact) mass is 346 g/mol. The highest BCUT2D eigenvalue weighted by Gasteiger charge is 2.11. The van der Waals surface area contributed by atoms with Crippen molar-refractivity contribution in [3.8, 4) is 0 Å². The molecule has 0 heterocycles. The van der Waals surface area contributed by atoms with Crippen molar-refractivity contribution in [2.75, 3.05) is 5.73 Å². The van der Waals surface area contributed by atoms with Gasteiger partial charge >= 0.3 is 0 Å². The van der Waals surface area contributed by atoms with Crippen molar-refractivity contribution in [1.82, 2.24) is 5.32 Å². The summed E-state index contributed by atoms with van der Waals surface area (Å²) in [5.41, 5.74) is 6.83. The van der Waals surface area contributed by atoms with Crippen molar-refractivity contribution in [2.24, 2.45) is 0 Å². The number of halogens is 4. The lowest BCUT2D eigenvalue weighted by atomic mass is 10.1. The smallest absolute Gasteiger partial charge is 0.251 e. The normalized spacial score (nSPS) is 10.5. The Morgan fingerprint density at radius 2 is 1.86 bits per heavy atom. The number of amides is 1. The summed E-state index contributed by atoms with van der Waals surface area (Å²) in [5, 5.41) is 3.07. The lowest BCUT2D eigenvalue weighted by molar-refractivity contribution is 0.0951. The van der Waals surface area contributed by atoms with Gasteiger partial charge in [0.2, 0.25) is 0 Å². The Morgan fingerprint density at radius 3 is 2.48 bits per heavy atom. The summed E-state index contributed by atoms with van der Waals surface area (Å²) in [7, 11) is 0. The number of benzene rings is 2. The van der Waals surface area contributed by atoms with Crippen molar-refractivity contribution in [3.05, 3.63) is 62.3 Å². The summed E-state index contributed by atoms with van der Waals surface area (Å²) >= 11 is 17.4. The van der Waals surface area contributed by atoms with Crippen LogP contribution in [0, 0.1) is 5.82 Å². The molecule has 0 saturated heterocycles. The Kier molecular flexibility index (Phi) is 4.93. The largest absolute Gasteiger partial charge is 0.397 e. The van der Waals surface area contributed by atoms with Crippen LogP contribution in [0.5, 0.6) is 0 Å². The SMILES string of the molecule is Nc1cc(C(=O)NCc2ccc(F)c(Cl)c2)cc(Cl)c1Cl. The van der Waals surface area contributed by atoms with Gasteiger partial charge in [-0.1, -0.05) is 40.9 Å². The number of carbonyl (C=O) groups is 1. The van der Waals surface area contributed by atoms with E-state index in [-0.39, 0.29) is 38.8 Å². The third-order valence-corrected chi connectivity index (χ3v) is 3.86. The van der Waals surface area contributed by atoms with Gasteiger partial charge in [0.1, 0.15) is 5.82 Å². The molecule has 0 unspecified atom stereocenters. The van der Waals surface area contributed by atoms with Gasteiger partial charge in [-0.25, -0.2) is 4.39 Å². The molecule has 21 heavy (non-hydrogen) atoms. The molecule has 0 aliphatic heterocycles. The minimum Gasteiger partial charge on any atom is -0.397 e. The quantitative estimate of drug-likeness (QED) is 0.813. The predicted molar refractivity (Wildman–Crippen MR) is 83.5 cm³/mol.